The van der Waals surface area contributed by atoms with E-state index in [-0.39, 0.29) is 29.4 Å². The van der Waals surface area contributed by atoms with Gasteiger partial charge in [-0.1, -0.05) is 0 Å². The van der Waals surface area contributed by atoms with Crippen molar-refractivity contribution in [2.45, 2.75) is 19.3 Å². The first-order valence-electron chi connectivity index (χ1n) is 7.03. The van der Waals surface area contributed by atoms with E-state index in [1.165, 1.54) is 31.6 Å². The van der Waals surface area contributed by atoms with Gasteiger partial charge < -0.3 is 15.2 Å². The first-order chi connectivity index (χ1) is 10.6. The van der Waals surface area contributed by atoms with Crippen molar-refractivity contribution in [3.63, 3.8) is 0 Å². The van der Waals surface area contributed by atoms with E-state index in [0.717, 1.165) is 12.8 Å². The maximum absolute atomic E-state index is 12.1. The molecular formula is C15H19NO6S. The van der Waals surface area contributed by atoms with Crippen LogP contribution in [0.5, 0.6) is 5.75 Å². The van der Waals surface area contributed by atoms with Crippen LogP contribution < -0.4 is 10.1 Å². The third-order valence-electron chi connectivity index (χ3n) is 3.78. The number of benzene rings is 1. The fraction of sp³-hybridized carbons (Fsp3) is 0.467. The molecule has 23 heavy (non-hydrogen) atoms. The van der Waals surface area contributed by atoms with Crippen molar-refractivity contribution in [2.75, 3.05) is 24.4 Å². The summed E-state index contributed by atoms with van der Waals surface area (Å²) in [6.07, 6.45) is 2.73. The number of sulfone groups is 1. The van der Waals surface area contributed by atoms with Gasteiger partial charge in [0, 0.05) is 24.4 Å². The van der Waals surface area contributed by atoms with Crippen LogP contribution in [-0.2, 0) is 14.6 Å². The molecule has 0 bridgehead atoms. The summed E-state index contributed by atoms with van der Waals surface area (Å²) < 4.78 is 27.8. The number of rotatable bonds is 7. The summed E-state index contributed by atoms with van der Waals surface area (Å²) >= 11 is 0. The lowest BCUT2D eigenvalue weighted by Crippen LogP contribution is -2.23. The lowest BCUT2D eigenvalue weighted by molar-refractivity contribution is -0.117. The van der Waals surface area contributed by atoms with Crippen molar-refractivity contribution in [1.82, 2.24) is 0 Å². The van der Waals surface area contributed by atoms with Crippen molar-refractivity contribution < 1.29 is 27.9 Å². The van der Waals surface area contributed by atoms with Crippen LogP contribution in [0.3, 0.4) is 0 Å². The molecule has 0 aromatic heterocycles. The third kappa shape index (κ3) is 4.69. The second kappa shape index (κ2) is 6.19. The van der Waals surface area contributed by atoms with Crippen LogP contribution in [0.2, 0.25) is 0 Å². The molecule has 0 heterocycles. The van der Waals surface area contributed by atoms with Gasteiger partial charge in [-0.05, 0) is 30.4 Å². The number of anilines is 1. The average molecular weight is 341 g/mol. The normalized spacial score (nSPS) is 15.7. The van der Waals surface area contributed by atoms with E-state index in [1.807, 2.05) is 0 Å². The number of hydrogen-bond acceptors (Lipinski definition) is 5. The monoisotopic (exact) mass is 341 g/mol. The van der Waals surface area contributed by atoms with Gasteiger partial charge in [-0.25, -0.2) is 13.2 Å². The van der Waals surface area contributed by atoms with Gasteiger partial charge in [0.25, 0.3) is 0 Å². The molecule has 8 heteroatoms. The van der Waals surface area contributed by atoms with Crippen molar-refractivity contribution in [1.29, 1.82) is 0 Å². The van der Waals surface area contributed by atoms with Gasteiger partial charge >= 0.3 is 5.97 Å². The van der Waals surface area contributed by atoms with Crippen LogP contribution in [0, 0.1) is 5.41 Å². The Bertz CT molecular complexity index is 736. The number of methoxy groups -OCH3 is 1. The highest BCUT2D eigenvalue weighted by Crippen LogP contribution is 2.49. The summed E-state index contributed by atoms with van der Waals surface area (Å²) in [5.74, 6) is -1.26. The molecule has 0 unspecified atom stereocenters. The number of ether oxygens (including phenoxy) is 1. The standard InChI is InChI=1S/C15H19NO6S/c1-22-12-7-10(3-4-11(12)14(18)19)16-13(17)8-15(5-6-15)9-23(2,20)21/h3-4,7H,5-6,8-9H2,1-2H3,(H,16,17)(H,18,19). The minimum atomic E-state index is -3.13. The van der Waals surface area contributed by atoms with Gasteiger partial charge in [-0.3, -0.25) is 4.79 Å². The molecule has 2 N–H and O–H groups in total. The average Bonchev–Trinajstić information content (AvgIpc) is 3.14. The zero-order chi connectivity index (χ0) is 17.3. The number of nitrogens with one attached hydrogen (secondary N) is 1. The molecule has 1 saturated carbocycles. The lowest BCUT2D eigenvalue weighted by Gasteiger charge is -2.14. The summed E-state index contributed by atoms with van der Waals surface area (Å²) in [7, 11) is -1.78. The van der Waals surface area contributed by atoms with E-state index in [1.54, 1.807) is 0 Å². The third-order valence-corrected chi connectivity index (χ3v) is 4.91. The molecule has 0 saturated heterocycles. The minimum Gasteiger partial charge on any atom is -0.496 e. The molecule has 0 radical (unpaired) electrons. The second-order valence-corrected chi connectivity index (χ2v) is 8.16. The molecule has 1 amide bonds. The van der Waals surface area contributed by atoms with E-state index in [2.05, 4.69) is 5.32 Å². The Morgan fingerprint density at radius 2 is 2.00 bits per heavy atom. The SMILES string of the molecule is COc1cc(NC(=O)CC2(CS(C)(=O)=O)CC2)ccc1C(=O)O. The highest BCUT2D eigenvalue weighted by Gasteiger charge is 2.46. The van der Waals surface area contributed by atoms with Crippen LogP contribution >= 0.6 is 0 Å². The van der Waals surface area contributed by atoms with Gasteiger partial charge in [0.05, 0.1) is 12.9 Å². The van der Waals surface area contributed by atoms with Crippen LogP contribution in [0.1, 0.15) is 29.6 Å². The largest absolute Gasteiger partial charge is 0.496 e. The van der Waals surface area contributed by atoms with Gasteiger partial charge in [-0.15, -0.1) is 0 Å². The topological polar surface area (TPSA) is 110 Å². The summed E-state index contributed by atoms with van der Waals surface area (Å²) in [5.41, 5.74) is -0.0452. The van der Waals surface area contributed by atoms with E-state index in [4.69, 9.17) is 9.84 Å². The van der Waals surface area contributed by atoms with E-state index in [9.17, 15) is 18.0 Å². The van der Waals surface area contributed by atoms with Crippen molar-refractivity contribution in [2.24, 2.45) is 5.41 Å². The Hall–Kier alpha value is -2.09. The number of carboxylic acid groups (broad SMARTS) is 1. The fourth-order valence-electron chi connectivity index (χ4n) is 2.60. The number of carbonyl (C=O) groups is 2. The predicted molar refractivity (Wildman–Crippen MR) is 84.6 cm³/mol. The van der Waals surface area contributed by atoms with Crippen LogP contribution in [0.4, 0.5) is 5.69 Å². The molecule has 1 aliphatic carbocycles. The molecule has 2 rings (SSSR count). The predicted octanol–water partition coefficient (Wildman–Crippen LogP) is 1.55. The Balaban J connectivity index is 2.05. The molecule has 7 nitrogen and oxygen atoms in total. The Kier molecular flexibility index (Phi) is 4.65. The van der Waals surface area contributed by atoms with Crippen LogP contribution in [0.25, 0.3) is 0 Å². The quantitative estimate of drug-likeness (QED) is 0.778. The van der Waals surface area contributed by atoms with Crippen LogP contribution in [0.15, 0.2) is 18.2 Å². The minimum absolute atomic E-state index is 0.00115. The molecule has 1 aromatic carbocycles. The van der Waals surface area contributed by atoms with Gasteiger partial charge in [0.2, 0.25) is 5.91 Å². The summed E-state index contributed by atoms with van der Waals surface area (Å²) in [5, 5.41) is 11.7. The molecular weight excluding hydrogens is 322 g/mol. The number of aromatic carboxylic acids is 1. The van der Waals surface area contributed by atoms with Crippen LogP contribution in [-0.4, -0.2) is 44.5 Å². The zero-order valence-corrected chi connectivity index (χ0v) is 13.8. The number of carbonyl (C=O) groups excluding carboxylic acids is 1. The van der Waals surface area contributed by atoms with Gasteiger partial charge in [0.1, 0.15) is 21.2 Å². The smallest absolute Gasteiger partial charge is 0.339 e. The molecule has 0 spiro atoms. The molecule has 1 aromatic rings. The molecule has 126 valence electrons. The first-order valence-corrected chi connectivity index (χ1v) is 9.09. The molecule has 0 atom stereocenters. The Labute approximate surface area is 134 Å². The fourth-order valence-corrected chi connectivity index (χ4v) is 4.10. The maximum atomic E-state index is 12.1. The summed E-state index contributed by atoms with van der Waals surface area (Å²) in [4.78, 5) is 23.1. The van der Waals surface area contributed by atoms with Crippen molar-refractivity contribution >= 4 is 27.4 Å². The van der Waals surface area contributed by atoms with Crippen molar-refractivity contribution in [3.8, 4) is 5.75 Å². The van der Waals surface area contributed by atoms with E-state index >= 15 is 0 Å². The zero-order valence-electron chi connectivity index (χ0n) is 13.0. The van der Waals surface area contributed by atoms with Gasteiger partial charge in [-0.2, -0.15) is 0 Å². The highest BCUT2D eigenvalue weighted by atomic mass is 32.2. The lowest BCUT2D eigenvalue weighted by atomic mass is 10.0. The van der Waals surface area contributed by atoms with E-state index in [0.29, 0.717) is 5.69 Å². The highest BCUT2D eigenvalue weighted by molar-refractivity contribution is 7.90. The molecule has 0 aliphatic heterocycles. The van der Waals surface area contributed by atoms with Crippen molar-refractivity contribution in [3.05, 3.63) is 23.8 Å². The second-order valence-electron chi connectivity index (χ2n) is 6.02. The number of hydrogen-bond donors (Lipinski definition) is 2. The van der Waals surface area contributed by atoms with Gasteiger partial charge in [0.15, 0.2) is 0 Å². The summed E-state index contributed by atoms with van der Waals surface area (Å²) in [6, 6.07) is 4.25. The Morgan fingerprint density at radius 3 is 2.48 bits per heavy atom. The van der Waals surface area contributed by atoms with E-state index < -0.39 is 21.2 Å². The number of amides is 1. The maximum Gasteiger partial charge on any atom is 0.339 e. The first kappa shape index (κ1) is 17.3. The number of carboxylic acids is 1. The molecule has 1 aliphatic rings. The Morgan fingerprint density at radius 1 is 1.35 bits per heavy atom. The summed E-state index contributed by atoms with van der Waals surface area (Å²) in [6.45, 7) is 0. The molecule has 1 fully saturated rings.